The second kappa shape index (κ2) is 9.81. The van der Waals surface area contributed by atoms with Crippen LogP contribution in [0, 0.1) is 22.0 Å². The third-order valence-corrected chi connectivity index (χ3v) is 8.81. The third kappa shape index (κ3) is 3.76. The normalized spacial score (nSPS) is 23.9. The Kier molecular flexibility index (Phi) is 6.03. The zero-order chi connectivity index (χ0) is 29.9. The van der Waals surface area contributed by atoms with Crippen LogP contribution in [0.15, 0.2) is 108 Å². The first-order chi connectivity index (χ1) is 20.8. The molecule has 0 unspecified atom stereocenters. The molecule has 43 heavy (non-hydrogen) atoms. The van der Waals surface area contributed by atoms with Crippen molar-refractivity contribution in [2.45, 2.75) is 17.4 Å². The van der Waals surface area contributed by atoms with E-state index in [0.29, 0.717) is 5.56 Å². The summed E-state index contributed by atoms with van der Waals surface area (Å²) in [6, 6.07) is 29.0. The van der Waals surface area contributed by atoms with Gasteiger partial charge in [-0.3, -0.25) is 24.5 Å². The number of nitro benzene ring substituents is 1. The van der Waals surface area contributed by atoms with Crippen LogP contribution in [0.5, 0.6) is 0 Å². The van der Waals surface area contributed by atoms with E-state index >= 15 is 0 Å². The number of hydrogen-bond donors (Lipinski definition) is 2. The highest BCUT2D eigenvalue weighted by Gasteiger charge is 2.68. The van der Waals surface area contributed by atoms with Gasteiger partial charge < -0.3 is 5.11 Å². The fourth-order valence-electron chi connectivity index (χ4n) is 7.07. The maximum atomic E-state index is 14.4. The number of carbonyl (C=O) groups excluding carboxylic acids is 3. The molecule has 0 radical (unpaired) electrons. The van der Waals surface area contributed by atoms with Crippen LogP contribution >= 0.6 is 0 Å². The minimum absolute atomic E-state index is 0.155. The Morgan fingerprint density at radius 1 is 0.884 bits per heavy atom. The first-order valence-corrected chi connectivity index (χ1v) is 13.7. The Hall–Kier alpha value is -5.48. The highest BCUT2D eigenvalue weighted by Crippen LogP contribution is 2.63. The number of rotatable bonds is 6. The van der Waals surface area contributed by atoms with Crippen molar-refractivity contribution < 1.29 is 24.4 Å². The van der Waals surface area contributed by atoms with Crippen molar-refractivity contribution in [3.05, 3.63) is 141 Å². The van der Waals surface area contributed by atoms with Gasteiger partial charge in [0.15, 0.2) is 6.10 Å². The summed E-state index contributed by atoms with van der Waals surface area (Å²) in [5.41, 5.74) is 5.08. The van der Waals surface area contributed by atoms with E-state index in [1.165, 1.54) is 30.5 Å². The first kappa shape index (κ1) is 26.4. The number of nitrogens with zero attached hydrogens (tertiary/aromatic N) is 3. The lowest BCUT2D eigenvalue weighted by Crippen LogP contribution is -2.54. The maximum Gasteiger partial charge on any atom is 0.273 e. The Bertz CT molecular complexity index is 1790. The fraction of sp³-hybridized carbons (Fsp3) is 0.152. The Balaban J connectivity index is 1.35. The lowest BCUT2D eigenvalue weighted by atomic mass is 9.47. The van der Waals surface area contributed by atoms with Gasteiger partial charge in [0.2, 0.25) is 11.8 Å². The molecule has 2 bridgehead atoms. The van der Waals surface area contributed by atoms with Crippen molar-refractivity contribution in [3.63, 3.8) is 0 Å². The number of hydrazone groups is 1. The third-order valence-electron chi connectivity index (χ3n) is 8.81. The SMILES string of the molecule is O=C(N/N=C\C12c3ccccc3C(c3ccccc31)[C@@H]1C(=O)N(c3ccc([N+](=O)[O-])cc3)C(=O)[C@H]12)[C@H](O)c1ccccc1. The molecule has 10 heteroatoms. The van der Waals surface area contributed by atoms with Gasteiger partial charge in [0.25, 0.3) is 11.6 Å². The van der Waals surface area contributed by atoms with E-state index in [2.05, 4.69) is 10.5 Å². The summed E-state index contributed by atoms with van der Waals surface area (Å²) in [5.74, 6) is -3.68. The molecule has 2 N–H and O–H groups in total. The van der Waals surface area contributed by atoms with E-state index in [1.807, 2.05) is 48.5 Å². The number of non-ortho nitro benzene ring substituents is 1. The van der Waals surface area contributed by atoms with Gasteiger partial charge in [0.1, 0.15) is 0 Å². The predicted octanol–water partition coefficient (Wildman–Crippen LogP) is 3.98. The number of aliphatic hydroxyl groups excluding tert-OH is 1. The van der Waals surface area contributed by atoms with Crippen LogP contribution < -0.4 is 10.3 Å². The Morgan fingerprint density at radius 2 is 1.47 bits per heavy atom. The zero-order valence-corrected chi connectivity index (χ0v) is 22.5. The number of nitrogens with one attached hydrogen (secondary N) is 1. The van der Waals surface area contributed by atoms with E-state index in [4.69, 9.17) is 0 Å². The molecule has 0 saturated carbocycles. The van der Waals surface area contributed by atoms with E-state index < -0.39 is 51.9 Å². The van der Waals surface area contributed by atoms with Crippen LogP contribution in [0.25, 0.3) is 0 Å². The monoisotopic (exact) mass is 572 g/mol. The van der Waals surface area contributed by atoms with Crippen LogP contribution in [0.1, 0.15) is 39.8 Å². The van der Waals surface area contributed by atoms with Gasteiger partial charge in [-0.05, 0) is 39.9 Å². The molecule has 8 rings (SSSR count). The summed E-state index contributed by atoms with van der Waals surface area (Å²) in [6.45, 7) is 0. The molecule has 1 heterocycles. The molecule has 1 fully saturated rings. The van der Waals surface area contributed by atoms with Crippen molar-refractivity contribution in [2.24, 2.45) is 16.9 Å². The summed E-state index contributed by atoms with van der Waals surface area (Å²) in [7, 11) is 0. The van der Waals surface area contributed by atoms with E-state index in [0.717, 1.165) is 27.2 Å². The van der Waals surface area contributed by atoms with E-state index in [9.17, 15) is 29.6 Å². The molecular weight excluding hydrogens is 548 g/mol. The fourth-order valence-corrected chi connectivity index (χ4v) is 7.07. The summed E-state index contributed by atoms with van der Waals surface area (Å²) in [4.78, 5) is 53.2. The molecular formula is C33H24N4O6. The number of imide groups is 1. The number of anilines is 1. The molecule has 212 valence electrons. The molecule has 0 spiro atoms. The molecule has 4 aliphatic rings. The largest absolute Gasteiger partial charge is 0.378 e. The standard InChI is InChI=1S/C33H24N4O6/c38-29(19-8-2-1-3-9-19)30(39)35-34-18-33-24-12-6-4-10-22(24)26(23-11-5-7-13-25(23)33)27-28(33)32(41)36(31(27)40)20-14-16-21(17-15-20)37(42)43/h1-18,26-29,38H,(H,35,39)/b34-18-/t26?,27-,28-,29+,33?/m0/s1. The van der Waals surface area contributed by atoms with Crippen molar-refractivity contribution >= 4 is 35.3 Å². The lowest BCUT2D eigenvalue weighted by Gasteiger charge is -2.52. The number of aliphatic hydroxyl groups is 1. The van der Waals surface area contributed by atoms with Crippen LogP contribution in [0.2, 0.25) is 0 Å². The number of nitro groups is 1. The second-order valence-corrected chi connectivity index (χ2v) is 10.9. The van der Waals surface area contributed by atoms with Gasteiger partial charge in [-0.25, -0.2) is 10.3 Å². The summed E-state index contributed by atoms with van der Waals surface area (Å²) in [5, 5.41) is 26.1. The van der Waals surface area contributed by atoms with Crippen molar-refractivity contribution in [1.82, 2.24) is 5.43 Å². The summed E-state index contributed by atoms with van der Waals surface area (Å²) < 4.78 is 0. The van der Waals surface area contributed by atoms with Gasteiger partial charge in [-0.1, -0.05) is 78.9 Å². The Labute approximate surface area is 245 Å². The van der Waals surface area contributed by atoms with E-state index in [-0.39, 0.29) is 11.4 Å². The number of hydrogen-bond acceptors (Lipinski definition) is 7. The molecule has 4 aromatic rings. The van der Waals surface area contributed by atoms with Crippen molar-refractivity contribution in [3.8, 4) is 0 Å². The zero-order valence-electron chi connectivity index (χ0n) is 22.5. The number of carbonyl (C=O) groups is 3. The minimum Gasteiger partial charge on any atom is -0.378 e. The van der Waals surface area contributed by atoms with Crippen molar-refractivity contribution in [1.29, 1.82) is 0 Å². The molecule has 10 nitrogen and oxygen atoms in total. The van der Waals surface area contributed by atoms with Gasteiger partial charge in [-0.15, -0.1) is 0 Å². The van der Waals surface area contributed by atoms with Gasteiger partial charge >= 0.3 is 0 Å². The lowest BCUT2D eigenvalue weighted by molar-refractivity contribution is -0.384. The molecule has 1 aliphatic heterocycles. The number of benzene rings is 4. The topological polar surface area (TPSA) is 142 Å². The highest BCUT2D eigenvalue weighted by atomic mass is 16.6. The average molecular weight is 573 g/mol. The predicted molar refractivity (Wildman–Crippen MR) is 156 cm³/mol. The first-order valence-electron chi connectivity index (χ1n) is 13.7. The van der Waals surface area contributed by atoms with Crippen LogP contribution in [0.3, 0.4) is 0 Å². The molecule has 1 saturated heterocycles. The molecule has 0 aromatic heterocycles. The smallest absolute Gasteiger partial charge is 0.273 e. The molecule has 3 aliphatic carbocycles. The Morgan fingerprint density at radius 3 is 2.07 bits per heavy atom. The average Bonchev–Trinajstić information content (AvgIpc) is 3.31. The second-order valence-electron chi connectivity index (χ2n) is 10.9. The maximum absolute atomic E-state index is 14.4. The summed E-state index contributed by atoms with van der Waals surface area (Å²) >= 11 is 0. The van der Waals surface area contributed by atoms with Gasteiger partial charge in [0.05, 0.1) is 27.9 Å². The van der Waals surface area contributed by atoms with Crippen LogP contribution in [0.4, 0.5) is 11.4 Å². The van der Waals surface area contributed by atoms with Crippen molar-refractivity contribution in [2.75, 3.05) is 4.90 Å². The van der Waals surface area contributed by atoms with Gasteiger partial charge in [0, 0.05) is 24.3 Å². The summed E-state index contributed by atoms with van der Waals surface area (Å²) in [6.07, 6.45) is 0.0512. The van der Waals surface area contributed by atoms with E-state index in [1.54, 1.807) is 30.3 Å². The van der Waals surface area contributed by atoms with Gasteiger partial charge in [-0.2, -0.15) is 5.10 Å². The minimum atomic E-state index is -1.46. The molecule has 3 amide bonds. The molecule has 4 aromatic carbocycles. The van der Waals surface area contributed by atoms with Crippen LogP contribution in [-0.2, 0) is 19.8 Å². The van der Waals surface area contributed by atoms with Crippen LogP contribution in [-0.4, -0.2) is 34.0 Å². The highest BCUT2D eigenvalue weighted by molar-refractivity contribution is 6.25. The number of amides is 3. The molecule has 3 atom stereocenters. The quantitative estimate of drug-likeness (QED) is 0.155.